The van der Waals surface area contributed by atoms with Gasteiger partial charge in [-0.15, -0.1) is 0 Å². The number of ether oxygens (including phenoxy) is 1. The number of nitrogens with one attached hydrogen (secondary N) is 2. The maximum atomic E-state index is 13.0. The molecular formula is C19H28N2O2. The molecule has 126 valence electrons. The topological polar surface area (TPSA) is 50.4 Å². The Balaban J connectivity index is 1.79. The Morgan fingerprint density at radius 3 is 2.78 bits per heavy atom. The molecule has 2 aliphatic rings. The fourth-order valence-corrected chi connectivity index (χ4v) is 4.06. The normalized spacial score (nSPS) is 23.0. The average molecular weight is 316 g/mol. The van der Waals surface area contributed by atoms with E-state index in [0.717, 1.165) is 62.1 Å². The number of carbonyl (C=O) groups excluding carboxylic acids is 1. The molecule has 0 aromatic heterocycles. The minimum atomic E-state index is -0.375. The summed E-state index contributed by atoms with van der Waals surface area (Å²) in [6, 6.07) is 6.68. The zero-order chi connectivity index (χ0) is 16.3. The SMILES string of the molecule is COc1cc(C2(C(=O)NCC3CCCN3)CCCC2)ccc1C. The Morgan fingerprint density at radius 1 is 1.35 bits per heavy atom. The second kappa shape index (κ2) is 6.91. The number of carbonyl (C=O) groups is 1. The number of rotatable bonds is 5. The van der Waals surface area contributed by atoms with Crippen molar-refractivity contribution in [3.8, 4) is 5.75 Å². The van der Waals surface area contributed by atoms with Gasteiger partial charge in [-0.05, 0) is 56.3 Å². The maximum Gasteiger partial charge on any atom is 0.230 e. The molecular weight excluding hydrogens is 288 g/mol. The summed E-state index contributed by atoms with van der Waals surface area (Å²) >= 11 is 0. The molecule has 23 heavy (non-hydrogen) atoms. The van der Waals surface area contributed by atoms with Gasteiger partial charge in [-0.2, -0.15) is 0 Å². The molecule has 1 aromatic carbocycles. The number of hydrogen-bond acceptors (Lipinski definition) is 3. The predicted molar refractivity (Wildman–Crippen MR) is 91.9 cm³/mol. The Hall–Kier alpha value is -1.55. The van der Waals surface area contributed by atoms with E-state index >= 15 is 0 Å². The highest BCUT2D eigenvalue weighted by molar-refractivity contribution is 5.88. The third-order valence-corrected chi connectivity index (χ3v) is 5.52. The smallest absolute Gasteiger partial charge is 0.230 e. The molecule has 1 saturated carbocycles. The quantitative estimate of drug-likeness (QED) is 0.878. The summed E-state index contributed by atoms with van der Waals surface area (Å²) in [6.45, 7) is 3.85. The van der Waals surface area contributed by atoms with Gasteiger partial charge in [-0.25, -0.2) is 0 Å². The van der Waals surface area contributed by atoms with E-state index in [2.05, 4.69) is 28.8 Å². The van der Waals surface area contributed by atoms with Crippen LogP contribution >= 0.6 is 0 Å². The molecule has 3 rings (SSSR count). The van der Waals surface area contributed by atoms with Crippen molar-refractivity contribution in [1.82, 2.24) is 10.6 Å². The van der Waals surface area contributed by atoms with Gasteiger partial charge in [-0.3, -0.25) is 4.79 Å². The van der Waals surface area contributed by atoms with E-state index in [1.54, 1.807) is 7.11 Å². The summed E-state index contributed by atoms with van der Waals surface area (Å²) < 4.78 is 5.47. The van der Waals surface area contributed by atoms with E-state index < -0.39 is 0 Å². The minimum Gasteiger partial charge on any atom is -0.496 e. The zero-order valence-corrected chi connectivity index (χ0v) is 14.3. The van der Waals surface area contributed by atoms with Gasteiger partial charge in [-0.1, -0.05) is 25.0 Å². The van der Waals surface area contributed by atoms with Crippen molar-refractivity contribution in [3.63, 3.8) is 0 Å². The van der Waals surface area contributed by atoms with Crippen LogP contribution in [0.3, 0.4) is 0 Å². The van der Waals surface area contributed by atoms with E-state index in [4.69, 9.17) is 4.74 Å². The number of aryl methyl sites for hydroxylation is 1. The number of amides is 1. The largest absolute Gasteiger partial charge is 0.496 e. The van der Waals surface area contributed by atoms with Crippen LogP contribution in [0, 0.1) is 6.92 Å². The first-order valence-corrected chi connectivity index (χ1v) is 8.82. The summed E-state index contributed by atoms with van der Waals surface area (Å²) in [5.41, 5.74) is 1.84. The van der Waals surface area contributed by atoms with Crippen LogP contribution in [0.25, 0.3) is 0 Å². The van der Waals surface area contributed by atoms with E-state index in [1.165, 1.54) is 6.42 Å². The lowest BCUT2D eigenvalue weighted by Crippen LogP contribution is -2.46. The van der Waals surface area contributed by atoms with Crippen LogP contribution < -0.4 is 15.4 Å². The molecule has 0 bridgehead atoms. The van der Waals surface area contributed by atoms with Gasteiger partial charge in [0.05, 0.1) is 12.5 Å². The number of benzene rings is 1. The third kappa shape index (κ3) is 3.23. The van der Waals surface area contributed by atoms with E-state index in [9.17, 15) is 4.79 Å². The highest BCUT2D eigenvalue weighted by atomic mass is 16.5. The molecule has 1 unspecified atom stereocenters. The second-order valence-electron chi connectivity index (χ2n) is 6.98. The van der Waals surface area contributed by atoms with Crippen LogP contribution in [-0.2, 0) is 10.2 Å². The van der Waals surface area contributed by atoms with Gasteiger partial charge in [0.25, 0.3) is 0 Å². The van der Waals surface area contributed by atoms with Gasteiger partial charge in [0.2, 0.25) is 5.91 Å². The third-order valence-electron chi connectivity index (χ3n) is 5.52. The Kier molecular flexibility index (Phi) is 4.90. The van der Waals surface area contributed by atoms with Crippen LogP contribution in [0.5, 0.6) is 5.75 Å². The molecule has 0 spiro atoms. The molecule has 4 heteroatoms. The van der Waals surface area contributed by atoms with Crippen LogP contribution in [0.2, 0.25) is 0 Å². The lowest BCUT2D eigenvalue weighted by molar-refractivity contribution is -0.126. The maximum absolute atomic E-state index is 13.0. The fraction of sp³-hybridized carbons (Fsp3) is 0.632. The molecule has 2 N–H and O–H groups in total. The second-order valence-corrected chi connectivity index (χ2v) is 6.98. The number of methoxy groups -OCH3 is 1. The molecule has 0 radical (unpaired) electrons. The van der Waals surface area contributed by atoms with Gasteiger partial charge in [0.15, 0.2) is 0 Å². The minimum absolute atomic E-state index is 0.189. The molecule has 1 atom stereocenters. The summed E-state index contributed by atoms with van der Waals surface area (Å²) in [5, 5.41) is 6.66. The molecule has 1 saturated heterocycles. The highest BCUT2D eigenvalue weighted by Gasteiger charge is 2.43. The predicted octanol–water partition coefficient (Wildman–Crippen LogP) is 2.68. The van der Waals surface area contributed by atoms with Crippen molar-refractivity contribution >= 4 is 5.91 Å². The van der Waals surface area contributed by atoms with Gasteiger partial charge in [0, 0.05) is 12.6 Å². The molecule has 1 aliphatic carbocycles. The molecule has 1 heterocycles. The lowest BCUT2D eigenvalue weighted by atomic mass is 9.77. The van der Waals surface area contributed by atoms with Crippen LogP contribution in [-0.4, -0.2) is 32.1 Å². The van der Waals surface area contributed by atoms with Crippen molar-refractivity contribution in [2.24, 2.45) is 0 Å². The Labute approximate surface area is 139 Å². The van der Waals surface area contributed by atoms with Crippen molar-refractivity contribution < 1.29 is 9.53 Å². The van der Waals surface area contributed by atoms with Crippen molar-refractivity contribution in [1.29, 1.82) is 0 Å². The Morgan fingerprint density at radius 2 is 2.13 bits per heavy atom. The monoisotopic (exact) mass is 316 g/mol. The summed E-state index contributed by atoms with van der Waals surface area (Å²) in [7, 11) is 1.69. The van der Waals surface area contributed by atoms with E-state index in [0.29, 0.717) is 6.04 Å². The van der Waals surface area contributed by atoms with Crippen molar-refractivity contribution in [3.05, 3.63) is 29.3 Å². The van der Waals surface area contributed by atoms with E-state index in [1.807, 2.05) is 6.92 Å². The van der Waals surface area contributed by atoms with Crippen molar-refractivity contribution in [2.45, 2.75) is 56.9 Å². The van der Waals surface area contributed by atoms with Crippen LogP contribution in [0.4, 0.5) is 0 Å². The van der Waals surface area contributed by atoms with Gasteiger partial charge < -0.3 is 15.4 Å². The average Bonchev–Trinajstić information content (AvgIpc) is 3.25. The summed E-state index contributed by atoms with van der Waals surface area (Å²) in [6.07, 6.45) is 6.47. The van der Waals surface area contributed by atoms with Gasteiger partial charge >= 0.3 is 0 Å². The summed E-state index contributed by atoms with van der Waals surface area (Å²) in [5.74, 6) is 1.06. The fourth-order valence-electron chi connectivity index (χ4n) is 4.06. The molecule has 1 aliphatic heterocycles. The van der Waals surface area contributed by atoms with Gasteiger partial charge in [0.1, 0.15) is 5.75 Å². The molecule has 1 amide bonds. The molecule has 2 fully saturated rings. The van der Waals surface area contributed by atoms with Crippen molar-refractivity contribution in [2.75, 3.05) is 20.2 Å². The standard InChI is InChI=1S/C19H28N2O2/c1-14-7-8-15(12-17(14)23-2)19(9-3-4-10-19)18(22)21-13-16-6-5-11-20-16/h7-8,12,16,20H,3-6,9-11,13H2,1-2H3,(H,21,22). The highest BCUT2D eigenvalue weighted by Crippen LogP contribution is 2.42. The zero-order valence-electron chi connectivity index (χ0n) is 14.3. The summed E-state index contributed by atoms with van der Waals surface area (Å²) in [4.78, 5) is 13.0. The molecule has 1 aromatic rings. The van der Waals surface area contributed by atoms with E-state index in [-0.39, 0.29) is 11.3 Å². The van der Waals surface area contributed by atoms with Crippen LogP contribution in [0.1, 0.15) is 49.7 Å². The first-order chi connectivity index (χ1) is 11.2. The first-order valence-electron chi connectivity index (χ1n) is 8.82. The Bertz CT molecular complexity index is 558. The first kappa shape index (κ1) is 16.3. The number of hydrogen-bond donors (Lipinski definition) is 2. The molecule has 4 nitrogen and oxygen atoms in total. The van der Waals surface area contributed by atoms with Crippen LogP contribution in [0.15, 0.2) is 18.2 Å². The lowest BCUT2D eigenvalue weighted by Gasteiger charge is -2.29.